The second-order valence-electron chi connectivity index (χ2n) is 2.48. The molecule has 0 aliphatic heterocycles. The minimum atomic E-state index is 0.282. The van der Waals surface area contributed by atoms with Crippen LogP contribution < -0.4 is 16.8 Å². The summed E-state index contributed by atoms with van der Waals surface area (Å²) in [6, 6.07) is 0.282. The van der Waals surface area contributed by atoms with Gasteiger partial charge in [-0.15, -0.1) is 0 Å². The van der Waals surface area contributed by atoms with Crippen LogP contribution in [-0.2, 0) is 0 Å². The molecule has 0 aromatic heterocycles. The Labute approximate surface area is 63.2 Å². The average Bonchev–Trinajstić information content (AvgIpc) is 1.89. The third kappa shape index (κ3) is 6.01. The lowest BCUT2D eigenvalue weighted by Gasteiger charge is -2.09. The van der Waals surface area contributed by atoms with Gasteiger partial charge in [-0.3, -0.25) is 0 Å². The van der Waals surface area contributed by atoms with Gasteiger partial charge in [-0.05, 0) is 32.5 Å². The summed E-state index contributed by atoms with van der Waals surface area (Å²) in [5.74, 6) is 0. The van der Waals surface area contributed by atoms with Crippen molar-refractivity contribution in [3.05, 3.63) is 0 Å². The van der Waals surface area contributed by atoms with Crippen molar-refractivity contribution in [3.63, 3.8) is 0 Å². The standard InChI is InChI=1S/C7H19N3/c1-2-10-6-4-7(9)3-5-8/h7,10H,2-6,8-9H2,1H3. The maximum Gasteiger partial charge on any atom is 0.00629 e. The van der Waals surface area contributed by atoms with Gasteiger partial charge in [-0.25, -0.2) is 0 Å². The molecule has 0 aliphatic rings. The summed E-state index contributed by atoms with van der Waals surface area (Å²) >= 11 is 0. The molecular weight excluding hydrogens is 126 g/mol. The van der Waals surface area contributed by atoms with Gasteiger partial charge in [-0.2, -0.15) is 0 Å². The first-order valence-corrected chi connectivity index (χ1v) is 3.97. The lowest BCUT2D eigenvalue weighted by atomic mass is 10.1. The van der Waals surface area contributed by atoms with Crippen molar-refractivity contribution in [1.29, 1.82) is 0 Å². The highest BCUT2D eigenvalue weighted by atomic mass is 14.8. The molecule has 0 heterocycles. The summed E-state index contributed by atoms with van der Waals surface area (Å²) in [5, 5.41) is 3.22. The molecule has 1 atom stereocenters. The first-order chi connectivity index (χ1) is 4.81. The minimum absolute atomic E-state index is 0.282. The van der Waals surface area contributed by atoms with Crippen LogP contribution in [0, 0.1) is 0 Å². The smallest absolute Gasteiger partial charge is 0.00629 e. The molecule has 62 valence electrons. The molecule has 0 radical (unpaired) electrons. The van der Waals surface area contributed by atoms with Crippen LogP contribution in [-0.4, -0.2) is 25.7 Å². The van der Waals surface area contributed by atoms with Gasteiger partial charge < -0.3 is 16.8 Å². The van der Waals surface area contributed by atoms with Crippen molar-refractivity contribution in [2.75, 3.05) is 19.6 Å². The van der Waals surface area contributed by atoms with Crippen LogP contribution in [0.4, 0.5) is 0 Å². The summed E-state index contributed by atoms with van der Waals surface area (Å²) in [6.45, 7) is 4.83. The highest BCUT2D eigenvalue weighted by molar-refractivity contribution is 4.62. The van der Waals surface area contributed by atoms with Crippen LogP contribution in [0.2, 0.25) is 0 Å². The second kappa shape index (κ2) is 6.99. The first-order valence-electron chi connectivity index (χ1n) is 3.97. The Balaban J connectivity index is 2.97. The van der Waals surface area contributed by atoms with Crippen LogP contribution >= 0.6 is 0 Å². The van der Waals surface area contributed by atoms with E-state index in [9.17, 15) is 0 Å². The maximum absolute atomic E-state index is 5.70. The molecule has 0 saturated carbocycles. The van der Waals surface area contributed by atoms with Crippen molar-refractivity contribution in [2.45, 2.75) is 25.8 Å². The summed E-state index contributed by atoms with van der Waals surface area (Å²) in [6.07, 6.45) is 1.97. The zero-order chi connectivity index (χ0) is 7.82. The number of rotatable bonds is 6. The molecule has 0 amide bonds. The highest BCUT2D eigenvalue weighted by Crippen LogP contribution is 1.89. The molecule has 0 aromatic carbocycles. The lowest BCUT2D eigenvalue weighted by molar-refractivity contribution is 0.544. The Hall–Kier alpha value is -0.120. The average molecular weight is 145 g/mol. The van der Waals surface area contributed by atoms with Crippen molar-refractivity contribution in [1.82, 2.24) is 5.32 Å². The Morgan fingerprint density at radius 3 is 2.60 bits per heavy atom. The van der Waals surface area contributed by atoms with E-state index in [-0.39, 0.29) is 6.04 Å². The summed E-state index contributed by atoms with van der Waals surface area (Å²) in [4.78, 5) is 0. The SMILES string of the molecule is CCNCCC(N)CCN. The molecular formula is C7H19N3. The van der Waals surface area contributed by atoms with E-state index in [1.807, 2.05) is 0 Å². The quantitative estimate of drug-likeness (QED) is 0.448. The van der Waals surface area contributed by atoms with E-state index < -0.39 is 0 Å². The van der Waals surface area contributed by atoms with Gasteiger partial charge in [0.2, 0.25) is 0 Å². The van der Waals surface area contributed by atoms with E-state index in [1.54, 1.807) is 0 Å². The number of hydrogen-bond donors (Lipinski definition) is 3. The van der Waals surface area contributed by atoms with E-state index in [1.165, 1.54) is 0 Å². The molecule has 0 fully saturated rings. The van der Waals surface area contributed by atoms with E-state index in [0.717, 1.165) is 25.9 Å². The zero-order valence-corrected chi connectivity index (χ0v) is 6.77. The molecule has 0 aliphatic carbocycles. The fraction of sp³-hybridized carbons (Fsp3) is 1.00. The zero-order valence-electron chi connectivity index (χ0n) is 6.77. The number of nitrogens with one attached hydrogen (secondary N) is 1. The molecule has 3 nitrogen and oxygen atoms in total. The summed E-state index contributed by atoms with van der Waals surface area (Å²) < 4.78 is 0. The van der Waals surface area contributed by atoms with Crippen LogP contribution in [0.15, 0.2) is 0 Å². The van der Waals surface area contributed by atoms with Crippen molar-refractivity contribution in [3.8, 4) is 0 Å². The van der Waals surface area contributed by atoms with Gasteiger partial charge in [0.1, 0.15) is 0 Å². The Morgan fingerprint density at radius 2 is 2.10 bits per heavy atom. The summed E-state index contributed by atoms with van der Waals surface area (Å²) in [5.41, 5.74) is 11.0. The van der Waals surface area contributed by atoms with Gasteiger partial charge in [-0.1, -0.05) is 6.92 Å². The van der Waals surface area contributed by atoms with Crippen LogP contribution in [0.5, 0.6) is 0 Å². The van der Waals surface area contributed by atoms with Gasteiger partial charge >= 0.3 is 0 Å². The Morgan fingerprint density at radius 1 is 1.40 bits per heavy atom. The van der Waals surface area contributed by atoms with Gasteiger partial charge in [0.05, 0.1) is 0 Å². The van der Waals surface area contributed by atoms with Gasteiger partial charge in [0.25, 0.3) is 0 Å². The van der Waals surface area contributed by atoms with E-state index in [2.05, 4.69) is 12.2 Å². The minimum Gasteiger partial charge on any atom is -0.330 e. The first kappa shape index (κ1) is 9.88. The fourth-order valence-corrected chi connectivity index (χ4v) is 0.823. The fourth-order valence-electron chi connectivity index (χ4n) is 0.823. The van der Waals surface area contributed by atoms with E-state index in [4.69, 9.17) is 11.5 Å². The lowest BCUT2D eigenvalue weighted by Crippen LogP contribution is -2.28. The van der Waals surface area contributed by atoms with Gasteiger partial charge in [0, 0.05) is 6.04 Å². The number of nitrogens with two attached hydrogens (primary N) is 2. The topological polar surface area (TPSA) is 64.1 Å². The second-order valence-corrected chi connectivity index (χ2v) is 2.48. The van der Waals surface area contributed by atoms with Crippen molar-refractivity contribution >= 4 is 0 Å². The largest absolute Gasteiger partial charge is 0.330 e. The van der Waals surface area contributed by atoms with Crippen LogP contribution in [0.1, 0.15) is 19.8 Å². The van der Waals surface area contributed by atoms with Gasteiger partial charge in [0.15, 0.2) is 0 Å². The third-order valence-electron chi connectivity index (χ3n) is 1.48. The van der Waals surface area contributed by atoms with E-state index >= 15 is 0 Å². The maximum atomic E-state index is 5.70. The Kier molecular flexibility index (Phi) is 6.91. The van der Waals surface area contributed by atoms with Crippen molar-refractivity contribution in [2.24, 2.45) is 11.5 Å². The van der Waals surface area contributed by atoms with E-state index in [0.29, 0.717) is 6.54 Å². The summed E-state index contributed by atoms with van der Waals surface area (Å²) in [7, 11) is 0. The molecule has 3 heteroatoms. The molecule has 0 saturated heterocycles. The Bertz CT molecular complexity index is 65.9. The monoisotopic (exact) mass is 145 g/mol. The van der Waals surface area contributed by atoms with Crippen LogP contribution in [0.25, 0.3) is 0 Å². The molecule has 0 bridgehead atoms. The predicted molar refractivity (Wildman–Crippen MR) is 44.8 cm³/mol. The molecule has 0 aromatic rings. The molecule has 5 N–H and O–H groups in total. The normalized spacial score (nSPS) is 13.5. The molecule has 0 rings (SSSR count). The molecule has 1 unspecified atom stereocenters. The molecule has 0 spiro atoms. The number of hydrogen-bond acceptors (Lipinski definition) is 3. The van der Waals surface area contributed by atoms with Crippen molar-refractivity contribution < 1.29 is 0 Å². The van der Waals surface area contributed by atoms with Crippen LogP contribution in [0.3, 0.4) is 0 Å². The predicted octanol–water partition coefficient (Wildman–Crippen LogP) is -0.338. The highest BCUT2D eigenvalue weighted by Gasteiger charge is 1.98. The molecule has 10 heavy (non-hydrogen) atoms. The third-order valence-corrected chi connectivity index (χ3v) is 1.48.